The average molecular weight is 287 g/mol. The Kier molecular flexibility index (Phi) is 3.39. The second-order valence-corrected chi connectivity index (χ2v) is 5.47. The molecule has 1 aromatic heterocycles. The van der Waals surface area contributed by atoms with Crippen LogP contribution in [-0.2, 0) is 0 Å². The number of hydrogen-bond acceptors (Lipinski definition) is 3. The highest BCUT2D eigenvalue weighted by Crippen LogP contribution is 2.45. The molecule has 1 fully saturated rings. The normalized spacial score (nSPS) is 22.1. The smallest absolute Gasteiger partial charge is 0.394 e. The lowest BCUT2D eigenvalue weighted by molar-refractivity contribution is -0.189. The Balaban J connectivity index is 2.26. The second-order valence-electron chi connectivity index (χ2n) is 5.47. The van der Waals surface area contributed by atoms with E-state index >= 15 is 0 Å². The highest BCUT2D eigenvalue weighted by atomic mass is 19.4. The number of rotatable bonds is 1. The molecule has 1 atom stereocenters. The first-order valence-corrected chi connectivity index (χ1v) is 6.24. The summed E-state index contributed by atoms with van der Waals surface area (Å²) in [5, 5.41) is 0. The van der Waals surface area contributed by atoms with Crippen molar-refractivity contribution in [3.63, 3.8) is 0 Å². The van der Waals surface area contributed by atoms with Crippen molar-refractivity contribution in [3.05, 3.63) is 24.0 Å². The van der Waals surface area contributed by atoms with Crippen molar-refractivity contribution >= 4 is 11.6 Å². The van der Waals surface area contributed by atoms with Gasteiger partial charge in [-0.1, -0.05) is 0 Å². The van der Waals surface area contributed by atoms with Crippen LogP contribution in [-0.4, -0.2) is 34.1 Å². The van der Waals surface area contributed by atoms with E-state index in [4.69, 9.17) is 5.73 Å². The van der Waals surface area contributed by atoms with Gasteiger partial charge >= 0.3 is 6.18 Å². The lowest BCUT2D eigenvalue weighted by Crippen LogP contribution is -2.49. The van der Waals surface area contributed by atoms with Crippen LogP contribution in [0.5, 0.6) is 0 Å². The molecule has 1 aliphatic heterocycles. The van der Waals surface area contributed by atoms with Crippen molar-refractivity contribution in [3.8, 4) is 0 Å². The molecule has 1 unspecified atom stereocenters. The number of amides is 1. The summed E-state index contributed by atoms with van der Waals surface area (Å²) in [6.07, 6.45) is -3.08. The van der Waals surface area contributed by atoms with Gasteiger partial charge in [0.15, 0.2) is 0 Å². The molecule has 2 N–H and O–H groups in total. The number of aromatic nitrogens is 1. The molecule has 2 heterocycles. The van der Waals surface area contributed by atoms with Crippen molar-refractivity contribution in [2.45, 2.75) is 32.0 Å². The fourth-order valence-electron chi connectivity index (χ4n) is 2.69. The first kappa shape index (κ1) is 14.6. The van der Waals surface area contributed by atoms with E-state index in [1.165, 1.54) is 37.1 Å². The Morgan fingerprint density at radius 3 is 2.55 bits per heavy atom. The minimum Gasteiger partial charge on any atom is -0.397 e. The SMILES string of the molecule is CC1(C)C(C(F)(F)F)CCN1C(=O)c1ccc(N)cn1. The fraction of sp³-hybridized carbons (Fsp3) is 0.538. The maximum Gasteiger partial charge on any atom is 0.394 e. The van der Waals surface area contributed by atoms with Crippen molar-refractivity contribution < 1.29 is 18.0 Å². The number of likely N-dealkylation sites (tertiary alicyclic amines) is 1. The molecule has 1 aromatic rings. The van der Waals surface area contributed by atoms with Crippen molar-refractivity contribution in [2.24, 2.45) is 5.92 Å². The Hall–Kier alpha value is -1.79. The standard InChI is InChI=1S/C13H16F3N3O/c1-12(2)10(13(14,15)16)5-6-19(12)11(20)9-4-3-8(17)7-18-9/h3-4,7,10H,5-6,17H2,1-2H3. The molecule has 1 aliphatic rings. The molecule has 4 nitrogen and oxygen atoms in total. The number of pyridine rings is 1. The Morgan fingerprint density at radius 1 is 1.45 bits per heavy atom. The van der Waals surface area contributed by atoms with E-state index in [1.807, 2.05) is 0 Å². The van der Waals surface area contributed by atoms with E-state index in [2.05, 4.69) is 4.98 Å². The van der Waals surface area contributed by atoms with E-state index in [0.29, 0.717) is 5.69 Å². The van der Waals surface area contributed by atoms with Crippen molar-refractivity contribution in [2.75, 3.05) is 12.3 Å². The summed E-state index contributed by atoms with van der Waals surface area (Å²) in [6, 6.07) is 2.93. The third kappa shape index (κ3) is 2.44. The Bertz CT molecular complexity index is 511. The molecule has 0 radical (unpaired) electrons. The summed E-state index contributed by atoms with van der Waals surface area (Å²) >= 11 is 0. The van der Waals surface area contributed by atoms with Gasteiger partial charge in [0.05, 0.1) is 17.8 Å². The average Bonchev–Trinajstić information content (AvgIpc) is 2.64. The highest BCUT2D eigenvalue weighted by Gasteiger charge is 2.56. The van der Waals surface area contributed by atoms with Gasteiger partial charge in [0, 0.05) is 12.1 Å². The Morgan fingerprint density at radius 2 is 2.10 bits per heavy atom. The summed E-state index contributed by atoms with van der Waals surface area (Å²) in [4.78, 5) is 17.4. The molecule has 7 heteroatoms. The molecule has 20 heavy (non-hydrogen) atoms. The predicted octanol–water partition coefficient (Wildman–Crippen LogP) is 2.47. The molecule has 1 saturated heterocycles. The first-order valence-electron chi connectivity index (χ1n) is 6.24. The second kappa shape index (κ2) is 4.64. The van der Waals surface area contributed by atoms with Gasteiger partial charge in [-0.3, -0.25) is 4.79 Å². The molecule has 0 saturated carbocycles. The van der Waals surface area contributed by atoms with Crippen molar-refractivity contribution in [1.82, 2.24) is 9.88 Å². The maximum absolute atomic E-state index is 13.0. The lowest BCUT2D eigenvalue weighted by atomic mass is 9.88. The molecule has 1 amide bonds. The number of nitrogens with zero attached hydrogens (tertiary/aromatic N) is 2. The van der Waals surface area contributed by atoms with Crippen LogP contribution in [0, 0.1) is 5.92 Å². The summed E-state index contributed by atoms with van der Waals surface area (Å²) in [5.74, 6) is -2.02. The van der Waals surface area contributed by atoms with Gasteiger partial charge in [-0.05, 0) is 32.4 Å². The van der Waals surface area contributed by atoms with Crippen LogP contribution in [0.4, 0.5) is 18.9 Å². The lowest BCUT2D eigenvalue weighted by Gasteiger charge is -2.36. The zero-order chi connectivity index (χ0) is 15.1. The first-order chi connectivity index (χ1) is 9.14. The van der Waals surface area contributed by atoms with Crippen LogP contribution in [0.2, 0.25) is 0 Å². The van der Waals surface area contributed by atoms with Gasteiger partial charge in [-0.2, -0.15) is 13.2 Å². The summed E-state index contributed by atoms with van der Waals surface area (Å²) in [6.45, 7) is 2.95. The molecule has 0 bridgehead atoms. The fourth-order valence-corrected chi connectivity index (χ4v) is 2.69. The number of hydrogen-bond donors (Lipinski definition) is 1. The van der Waals surface area contributed by atoms with E-state index in [-0.39, 0.29) is 18.7 Å². The molecule has 2 rings (SSSR count). The zero-order valence-electron chi connectivity index (χ0n) is 11.2. The molecule has 0 aliphatic carbocycles. The number of carbonyl (C=O) groups is 1. The van der Waals surface area contributed by atoms with E-state index in [1.54, 1.807) is 0 Å². The summed E-state index contributed by atoms with van der Waals surface area (Å²) < 4.78 is 38.9. The summed E-state index contributed by atoms with van der Waals surface area (Å²) in [5.41, 5.74) is 4.70. The van der Waals surface area contributed by atoms with Gasteiger partial charge in [0.1, 0.15) is 5.69 Å². The number of anilines is 1. The minimum atomic E-state index is -4.31. The van der Waals surface area contributed by atoms with E-state index < -0.39 is 23.5 Å². The van der Waals surface area contributed by atoms with Crippen LogP contribution in [0.1, 0.15) is 30.8 Å². The van der Waals surface area contributed by atoms with Crippen LogP contribution in [0.25, 0.3) is 0 Å². The number of carbonyl (C=O) groups excluding carboxylic acids is 1. The Labute approximate surface area is 114 Å². The van der Waals surface area contributed by atoms with E-state index in [9.17, 15) is 18.0 Å². The minimum absolute atomic E-state index is 0.0715. The van der Waals surface area contributed by atoms with Gasteiger partial charge in [0.2, 0.25) is 0 Å². The monoisotopic (exact) mass is 287 g/mol. The number of nitrogens with two attached hydrogens (primary N) is 1. The number of halogens is 3. The molecule has 0 aromatic carbocycles. The van der Waals surface area contributed by atoms with Crippen LogP contribution < -0.4 is 5.73 Å². The van der Waals surface area contributed by atoms with Gasteiger partial charge < -0.3 is 10.6 Å². The van der Waals surface area contributed by atoms with Crippen LogP contribution in [0.3, 0.4) is 0 Å². The largest absolute Gasteiger partial charge is 0.397 e. The summed E-state index contributed by atoms with van der Waals surface area (Å²) in [7, 11) is 0. The van der Waals surface area contributed by atoms with Gasteiger partial charge in [0.25, 0.3) is 5.91 Å². The quantitative estimate of drug-likeness (QED) is 0.863. The number of alkyl halides is 3. The predicted molar refractivity (Wildman–Crippen MR) is 67.9 cm³/mol. The zero-order valence-corrected chi connectivity index (χ0v) is 11.2. The topological polar surface area (TPSA) is 59.2 Å². The molecular weight excluding hydrogens is 271 g/mol. The van der Waals surface area contributed by atoms with Gasteiger partial charge in [-0.25, -0.2) is 4.98 Å². The number of nitrogen functional groups attached to an aromatic ring is 1. The third-order valence-electron chi connectivity index (χ3n) is 3.84. The molecule has 0 spiro atoms. The van der Waals surface area contributed by atoms with Crippen molar-refractivity contribution in [1.29, 1.82) is 0 Å². The van der Waals surface area contributed by atoms with Crippen LogP contribution >= 0.6 is 0 Å². The molecule has 110 valence electrons. The van der Waals surface area contributed by atoms with E-state index in [0.717, 1.165) is 0 Å². The third-order valence-corrected chi connectivity index (χ3v) is 3.84. The van der Waals surface area contributed by atoms with Crippen LogP contribution in [0.15, 0.2) is 18.3 Å². The van der Waals surface area contributed by atoms with Gasteiger partial charge in [-0.15, -0.1) is 0 Å². The maximum atomic E-state index is 13.0. The highest BCUT2D eigenvalue weighted by molar-refractivity contribution is 5.93. The molecular formula is C13H16F3N3O.